The van der Waals surface area contributed by atoms with Gasteiger partial charge < -0.3 is 14.0 Å². The summed E-state index contributed by atoms with van der Waals surface area (Å²) >= 11 is 1.76. The van der Waals surface area contributed by atoms with E-state index in [0.717, 1.165) is 17.1 Å². The number of aromatic nitrogens is 2. The number of ether oxygens (including phenoxy) is 2. The third kappa shape index (κ3) is 3.59. The smallest absolute Gasteiger partial charge is 0.183 e. The van der Waals surface area contributed by atoms with E-state index < -0.39 is 0 Å². The second-order valence-electron chi connectivity index (χ2n) is 4.12. The average molecular weight is 278 g/mol. The fourth-order valence-electron chi connectivity index (χ4n) is 1.77. The van der Waals surface area contributed by atoms with Crippen LogP contribution < -0.4 is 0 Å². The third-order valence-corrected chi connectivity index (χ3v) is 3.88. The molecule has 0 bridgehead atoms. The maximum Gasteiger partial charge on any atom is 0.183 e. The molecule has 1 aromatic heterocycles. The molecule has 0 fully saturated rings. The number of imidazole rings is 1. The fourth-order valence-corrected chi connectivity index (χ4v) is 2.68. The molecule has 0 radical (unpaired) electrons. The molecule has 1 heterocycles. The van der Waals surface area contributed by atoms with Gasteiger partial charge in [-0.05, 0) is 12.1 Å². The Bertz CT molecular complexity index is 506. The summed E-state index contributed by atoms with van der Waals surface area (Å²) in [5, 5.41) is 0. The van der Waals surface area contributed by atoms with Crippen LogP contribution in [-0.2, 0) is 22.3 Å². The summed E-state index contributed by atoms with van der Waals surface area (Å²) < 4.78 is 12.5. The Hall–Kier alpha value is -1.30. The van der Waals surface area contributed by atoms with Crippen molar-refractivity contribution < 1.29 is 9.47 Å². The van der Waals surface area contributed by atoms with E-state index in [1.807, 2.05) is 36.1 Å². The molecule has 0 aliphatic heterocycles. The van der Waals surface area contributed by atoms with Crippen molar-refractivity contribution >= 4 is 11.8 Å². The molecule has 0 amide bonds. The van der Waals surface area contributed by atoms with Gasteiger partial charge in [-0.3, -0.25) is 0 Å². The minimum absolute atomic E-state index is 0.298. The van der Waals surface area contributed by atoms with Crippen molar-refractivity contribution in [2.24, 2.45) is 7.05 Å². The normalized spacial score (nSPS) is 11.2. The van der Waals surface area contributed by atoms with Gasteiger partial charge in [0.25, 0.3) is 0 Å². The van der Waals surface area contributed by atoms with Crippen LogP contribution in [0.15, 0.2) is 41.6 Å². The zero-order valence-corrected chi connectivity index (χ0v) is 12.2. The lowest BCUT2D eigenvalue weighted by Gasteiger charge is -2.13. The summed E-state index contributed by atoms with van der Waals surface area (Å²) in [5.41, 5.74) is 1.02. The summed E-state index contributed by atoms with van der Waals surface area (Å²) in [6, 6.07) is 8.21. The minimum Gasteiger partial charge on any atom is -0.352 e. The second kappa shape index (κ2) is 6.75. The highest BCUT2D eigenvalue weighted by Gasteiger charge is 2.08. The van der Waals surface area contributed by atoms with Crippen LogP contribution >= 0.6 is 11.8 Å². The van der Waals surface area contributed by atoms with Crippen LogP contribution in [0.1, 0.15) is 17.7 Å². The van der Waals surface area contributed by atoms with Crippen LogP contribution in [0.2, 0.25) is 0 Å². The number of benzene rings is 1. The third-order valence-electron chi connectivity index (χ3n) is 2.87. The van der Waals surface area contributed by atoms with E-state index in [9.17, 15) is 0 Å². The van der Waals surface area contributed by atoms with E-state index in [0.29, 0.717) is 0 Å². The van der Waals surface area contributed by atoms with Crippen molar-refractivity contribution in [2.45, 2.75) is 16.9 Å². The van der Waals surface area contributed by atoms with Gasteiger partial charge in [0.05, 0.1) is 5.75 Å². The Morgan fingerprint density at radius 1 is 1.21 bits per heavy atom. The van der Waals surface area contributed by atoms with Crippen molar-refractivity contribution in [3.63, 3.8) is 0 Å². The van der Waals surface area contributed by atoms with E-state index in [4.69, 9.17) is 9.47 Å². The fraction of sp³-hybridized carbons (Fsp3) is 0.357. The molecular formula is C14H18N2O2S. The van der Waals surface area contributed by atoms with Crippen LogP contribution in [0, 0.1) is 0 Å². The van der Waals surface area contributed by atoms with Crippen molar-refractivity contribution in [2.75, 3.05) is 14.2 Å². The van der Waals surface area contributed by atoms with E-state index in [1.54, 1.807) is 26.0 Å². The maximum atomic E-state index is 5.22. The molecule has 2 rings (SSSR count). The zero-order valence-electron chi connectivity index (χ0n) is 11.4. The first-order valence-corrected chi connectivity index (χ1v) is 6.97. The van der Waals surface area contributed by atoms with E-state index in [1.165, 1.54) is 4.90 Å². The van der Waals surface area contributed by atoms with Crippen molar-refractivity contribution in [3.05, 3.63) is 48.0 Å². The van der Waals surface area contributed by atoms with E-state index in [-0.39, 0.29) is 6.29 Å². The lowest BCUT2D eigenvalue weighted by atomic mass is 10.2. The predicted octanol–water partition coefficient (Wildman–Crippen LogP) is 3.00. The molecular weight excluding hydrogens is 260 g/mol. The van der Waals surface area contributed by atoms with Gasteiger partial charge in [-0.15, -0.1) is 11.8 Å². The van der Waals surface area contributed by atoms with Crippen LogP contribution in [-0.4, -0.2) is 23.8 Å². The molecule has 0 aliphatic carbocycles. The predicted molar refractivity (Wildman–Crippen MR) is 76.0 cm³/mol. The summed E-state index contributed by atoms with van der Waals surface area (Å²) in [4.78, 5) is 5.51. The summed E-state index contributed by atoms with van der Waals surface area (Å²) in [7, 11) is 5.28. The molecule has 0 unspecified atom stereocenters. The Morgan fingerprint density at radius 2 is 1.89 bits per heavy atom. The largest absolute Gasteiger partial charge is 0.352 e. The van der Waals surface area contributed by atoms with Crippen molar-refractivity contribution in [1.29, 1.82) is 0 Å². The molecule has 4 nitrogen and oxygen atoms in total. The van der Waals surface area contributed by atoms with Gasteiger partial charge in [-0.1, -0.05) is 12.1 Å². The lowest BCUT2D eigenvalue weighted by Crippen LogP contribution is -2.03. The highest BCUT2D eigenvalue weighted by atomic mass is 32.2. The molecule has 0 N–H and O–H groups in total. The first kappa shape index (κ1) is 14.1. The number of rotatable bonds is 6. The van der Waals surface area contributed by atoms with Gasteiger partial charge in [0.1, 0.15) is 5.82 Å². The first-order chi connectivity index (χ1) is 9.24. The van der Waals surface area contributed by atoms with E-state index in [2.05, 4.69) is 17.1 Å². The van der Waals surface area contributed by atoms with Crippen LogP contribution in [0.3, 0.4) is 0 Å². The van der Waals surface area contributed by atoms with Gasteiger partial charge in [0.2, 0.25) is 0 Å². The first-order valence-electron chi connectivity index (χ1n) is 5.99. The van der Waals surface area contributed by atoms with Crippen LogP contribution in [0.25, 0.3) is 0 Å². The Kier molecular flexibility index (Phi) is 5.01. The molecule has 0 aliphatic rings. The van der Waals surface area contributed by atoms with Gasteiger partial charge in [-0.2, -0.15) is 0 Å². The maximum absolute atomic E-state index is 5.22. The second-order valence-corrected chi connectivity index (χ2v) is 5.16. The van der Waals surface area contributed by atoms with Gasteiger partial charge in [0.15, 0.2) is 6.29 Å². The van der Waals surface area contributed by atoms with Gasteiger partial charge >= 0.3 is 0 Å². The Morgan fingerprint density at radius 3 is 2.42 bits per heavy atom. The van der Waals surface area contributed by atoms with Crippen LogP contribution in [0.4, 0.5) is 0 Å². The van der Waals surface area contributed by atoms with Gasteiger partial charge in [-0.25, -0.2) is 4.98 Å². The Balaban J connectivity index is 1.97. The molecule has 0 spiro atoms. The number of thioether (sulfide) groups is 1. The molecule has 2 aromatic rings. The number of aryl methyl sites for hydroxylation is 1. The zero-order chi connectivity index (χ0) is 13.7. The van der Waals surface area contributed by atoms with Crippen molar-refractivity contribution in [1.82, 2.24) is 9.55 Å². The molecule has 0 saturated carbocycles. The topological polar surface area (TPSA) is 36.3 Å². The number of methoxy groups -OCH3 is 2. The lowest BCUT2D eigenvalue weighted by molar-refractivity contribution is -0.106. The monoisotopic (exact) mass is 278 g/mol. The standard InChI is InChI=1S/C14H18N2O2S/c1-16-9-8-15-13(16)10-19-12-6-4-11(5-7-12)14(17-2)18-3/h4-9,14H,10H2,1-3H3. The molecule has 1 aromatic carbocycles. The number of nitrogens with zero attached hydrogens (tertiary/aromatic N) is 2. The average Bonchev–Trinajstić information content (AvgIpc) is 2.85. The number of hydrogen-bond donors (Lipinski definition) is 0. The summed E-state index contributed by atoms with van der Waals surface area (Å²) in [6.45, 7) is 0. The summed E-state index contributed by atoms with van der Waals surface area (Å²) in [6.07, 6.45) is 3.48. The highest BCUT2D eigenvalue weighted by Crippen LogP contribution is 2.25. The SMILES string of the molecule is COC(OC)c1ccc(SCc2nccn2C)cc1. The molecule has 0 saturated heterocycles. The minimum atomic E-state index is -0.298. The molecule has 19 heavy (non-hydrogen) atoms. The van der Waals surface area contributed by atoms with Crippen molar-refractivity contribution in [3.8, 4) is 0 Å². The number of hydrogen-bond acceptors (Lipinski definition) is 4. The van der Waals surface area contributed by atoms with E-state index >= 15 is 0 Å². The highest BCUT2D eigenvalue weighted by molar-refractivity contribution is 7.98. The molecule has 102 valence electrons. The van der Waals surface area contributed by atoms with Crippen LogP contribution in [0.5, 0.6) is 0 Å². The molecule has 5 heteroatoms. The Labute approximate surface area is 117 Å². The quantitative estimate of drug-likeness (QED) is 0.601. The van der Waals surface area contributed by atoms with Gasteiger partial charge in [0, 0.05) is 44.1 Å². The molecule has 0 atom stereocenters. The summed E-state index contributed by atoms with van der Waals surface area (Å²) in [5.74, 6) is 1.93.